The van der Waals surface area contributed by atoms with E-state index in [2.05, 4.69) is 0 Å². The Bertz CT molecular complexity index is 370. The third kappa shape index (κ3) is 2.61. The van der Waals surface area contributed by atoms with Gasteiger partial charge in [0.25, 0.3) is 0 Å². The van der Waals surface area contributed by atoms with E-state index in [-0.39, 0.29) is 17.7 Å². The largest absolute Gasteiger partial charge is 0.481 e. The van der Waals surface area contributed by atoms with Crippen LogP contribution >= 0.6 is 0 Å². The molecule has 0 aromatic rings. The fraction of sp³-hybridized carbons (Fsp3) is 0.857. The second-order valence-electron chi connectivity index (χ2n) is 6.09. The number of rotatable bonds is 5. The van der Waals surface area contributed by atoms with Crippen molar-refractivity contribution in [3.8, 4) is 0 Å². The lowest BCUT2D eigenvalue weighted by atomic mass is 9.81. The first-order valence-electron chi connectivity index (χ1n) is 6.99. The highest BCUT2D eigenvalue weighted by molar-refractivity contribution is 5.81. The number of carbonyl (C=O) groups is 2. The number of hydrogen-bond acceptors (Lipinski definition) is 3. The number of carbonyl (C=O) groups excluding carboxylic acids is 1. The van der Waals surface area contributed by atoms with Crippen molar-refractivity contribution in [2.24, 2.45) is 17.3 Å². The lowest BCUT2D eigenvalue weighted by Crippen LogP contribution is -2.37. The number of methoxy groups -OCH3 is 1. The predicted molar refractivity (Wildman–Crippen MR) is 69.6 cm³/mol. The molecular formula is C14H23NO4. The van der Waals surface area contributed by atoms with Crippen LogP contribution in [-0.2, 0) is 14.3 Å². The quantitative estimate of drug-likeness (QED) is 0.818. The summed E-state index contributed by atoms with van der Waals surface area (Å²) in [7, 11) is 1.63. The molecule has 1 unspecified atom stereocenters. The summed E-state index contributed by atoms with van der Waals surface area (Å²) < 4.78 is 5.03. The molecule has 2 aliphatic rings. The number of amides is 1. The second kappa shape index (κ2) is 5.49. The maximum absolute atomic E-state index is 12.2. The van der Waals surface area contributed by atoms with Gasteiger partial charge >= 0.3 is 5.97 Å². The number of hydrogen-bond donors (Lipinski definition) is 1. The van der Waals surface area contributed by atoms with Crippen LogP contribution in [0, 0.1) is 17.3 Å². The van der Waals surface area contributed by atoms with Crippen molar-refractivity contribution < 1.29 is 19.4 Å². The molecule has 0 radical (unpaired) electrons. The molecule has 1 saturated heterocycles. The molecule has 1 aliphatic carbocycles. The number of nitrogens with zero attached hydrogens (tertiary/aromatic N) is 1. The second-order valence-corrected chi connectivity index (χ2v) is 6.09. The van der Waals surface area contributed by atoms with E-state index in [1.165, 1.54) is 0 Å². The van der Waals surface area contributed by atoms with Crippen molar-refractivity contribution in [3.63, 3.8) is 0 Å². The molecule has 1 aliphatic heterocycles. The van der Waals surface area contributed by atoms with Crippen molar-refractivity contribution in [1.82, 2.24) is 4.90 Å². The molecule has 1 amide bonds. The SMILES string of the molecule is COCC(C)CC(=O)N1C[C@@H]2CCC[C@@]2(C(=O)O)C1. The first-order valence-corrected chi connectivity index (χ1v) is 6.99. The molecule has 1 saturated carbocycles. The number of ether oxygens (including phenoxy) is 1. The number of aliphatic carboxylic acids is 1. The summed E-state index contributed by atoms with van der Waals surface area (Å²) in [5.41, 5.74) is -0.667. The average molecular weight is 269 g/mol. The third-order valence-corrected chi connectivity index (χ3v) is 4.62. The van der Waals surface area contributed by atoms with Gasteiger partial charge in [-0.3, -0.25) is 9.59 Å². The normalized spacial score (nSPS) is 31.3. The van der Waals surface area contributed by atoms with Crippen molar-refractivity contribution in [1.29, 1.82) is 0 Å². The molecule has 5 heteroatoms. The molecular weight excluding hydrogens is 246 g/mol. The Balaban J connectivity index is 1.98. The van der Waals surface area contributed by atoms with Gasteiger partial charge in [-0.1, -0.05) is 13.3 Å². The summed E-state index contributed by atoms with van der Waals surface area (Å²) >= 11 is 0. The van der Waals surface area contributed by atoms with Crippen LogP contribution in [0.15, 0.2) is 0 Å². The van der Waals surface area contributed by atoms with E-state index in [0.717, 1.165) is 12.8 Å². The summed E-state index contributed by atoms with van der Waals surface area (Å²) in [5, 5.41) is 9.48. The van der Waals surface area contributed by atoms with Gasteiger partial charge in [0, 0.05) is 33.2 Å². The van der Waals surface area contributed by atoms with E-state index in [1.807, 2.05) is 6.92 Å². The molecule has 0 aromatic heterocycles. The molecule has 2 fully saturated rings. The molecule has 5 nitrogen and oxygen atoms in total. The van der Waals surface area contributed by atoms with Crippen LogP contribution in [0.25, 0.3) is 0 Å². The summed E-state index contributed by atoms with van der Waals surface area (Å²) in [4.78, 5) is 25.5. The first kappa shape index (κ1) is 14.3. The van der Waals surface area contributed by atoms with Gasteiger partial charge in [-0.25, -0.2) is 0 Å². The van der Waals surface area contributed by atoms with Crippen LogP contribution in [0.5, 0.6) is 0 Å². The zero-order chi connectivity index (χ0) is 14.0. The minimum absolute atomic E-state index is 0.0691. The molecule has 2 rings (SSSR count). The maximum atomic E-state index is 12.2. The molecule has 0 bridgehead atoms. The van der Waals surface area contributed by atoms with Gasteiger partial charge < -0.3 is 14.7 Å². The van der Waals surface area contributed by atoms with E-state index in [4.69, 9.17) is 4.74 Å². The summed E-state index contributed by atoms with van der Waals surface area (Å²) in [6.45, 7) is 3.55. The van der Waals surface area contributed by atoms with E-state index in [9.17, 15) is 14.7 Å². The van der Waals surface area contributed by atoms with Crippen molar-refractivity contribution >= 4 is 11.9 Å². The lowest BCUT2D eigenvalue weighted by molar-refractivity contribution is -0.149. The van der Waals surface area contributed by atoms with Gasteiger partial charge in [-0.15, -0.1) is 0 Å². The molecule has 3 atom stereocenters. The van der Waals surface area contributed by atoms with Gasteiger partial charge in [0.15, 0.2) is 0 Å². The Morgan fingerprint density at radius 2 is 2.26 bits per heavy atom. The Hall–Kier alpha value is -1.10. The first-order chi connectivity index (χ1) is 8.99. The Labute approximate surface area is 113 Å². The number of carboxylic acid groups (broad SMARTS) is 1. The zero-order valence-corrected chi connectivity index (χ0v) is 11.7. The minimum atomic E-state index is -0.727. The van der Waals surface area contributed by atoms with Gasteiger partial charge in [-0.2, -0.15) is 0 Å². The maximum Gasteiger partial charge on any atom is 0.311 e. The van der Waals surface area contributed by atoms with Crippen LogP contribution in [0.1, 0.15) is 32.6 Å². The number of fused-ring (bicyclic) bond motifs is 1. The highest BCUT2D eigenvalue weighted by atomic mass is 16.5. The predicted octanol–water partition coefficient (Wildman–Crippen LogP) is 1.37. The fourth-order valence-corrected chi connectivity index (χ4v) is 3.60. The molecule has 0 spiro atoms. The van der Waals surface area contributed by atoms with Crippen LogP contribution in [0.3, 0.4) is 0 Å². The molecule has 1 heterocycles. The Morgan fingerprint density at radius 3 is 2.84 bits per heavy atom. The van der Waals surface area contributed by atoms with E-state index in [1.54, 1.807) is 12.0 Å². The van der Waals surface area contributed by atoms with E-state index >= 15 is 0 Å². The van der Waals surface area contributed by atoms with Gasteiger partial charge in [0.2, 0.25) is 5.91 Å². The monoisotopic (exact) mass is 269 g/mol. The van der Waals surface area contributed by atoms with Crippen LogP contribution in [0.4, 0.5) is 0 Å². The lowest BCUT2D eigenvalue weighted by Gasteiger charge is -2.23. The average Bonchev–Trinajstić information content (AvgIpc) is 2.85. The fourth-order valence-electron chi connectivity index (χ4n) is 3.60. The van der Waals surface area contributed by atoms with Crippen molar-refractivity contribution in [3.05, 3.63) is 0 Å². The highest BCUT2D eigenvalue weighted by Crippen LogP contribution is 2.49. The third-order valence-electron chi connectivity index (χ3n) is 4.62. The summed E-state index contributed by atoms with van der Waals surface area (Å²) in [5.74, 6) is -0.333. The smallest absolute Gasteiger partial charge is 0.311 e. The van der Waals surface area contributed by atoms with E-state index < -0.39 is 11.4 Å². The Kier molecular flexibility index (Phi) is 4.13. The summed E-state index contributed by atoms with van der Waals surface area (Å²) in [6.07, 6.45) is 3.06. The van der Waals surface area contributed by atoms with Gasteiger partial charge in [-0.05, 0) is 24.7 Å². The standard InChI is InChI=1S/C14H23NO4/c1-10(8-19-2)6-12(16)15-7-11-4-3-5-14(11,9-15)13(17)18/h10-11H,3-9H2,1-2H3,(H,17,18)/t10?,11-,14+/m0/s1. The van der Waals surface area contributed by atoms with E-state index in [0.29, 0.717) is 32.5 Å². The molecule has 108 valence electrons. The topological polar surface area (TPSA) is 66.8 Å². The van der Waals surface area contributed by atoms with Crippen LogP contribution in [-0.4, -0.2) is 48.7 Å². The molecule has 1 N–H and O–H groups in total. The number of likely N-dealkylation sites (tertiary alicyclic amines) is 1. The van der Waals surface area contributed by atoms with Crippen LogP contribution in [0.2, 0.25) is 0 Å². The molecule has 0 aromatic carbocycles. The van der Waals surface area contributed by atoms with Gasteiger partial charge in [0.1, 0.15) is 0 Å². The number of carboxylic acids is 1. The Morgan fingerprint density at radius 1 is 1.53 bits per heavy atom. The zero-order valence-electron chi connectivity index (χ0n) is 11.7. The highest BCUT2D eigenvalue weighted by Gasteiger charge is 2.55. The summed E-state index contributed by atoms with van der Waals surface area (Å²) in [6, 6.07) is 0. The van der Waals surface area contributed by atoms with Crippen molar-refractivity contribution in [2.75, 3.05) is 26.8 Å². The van der Waals surface area contributed by atoms with Crippen molar-refractivity contribution in [2.45, 2.75) is 32.6 Å². The van der Waals surface area contributed by atoms with Gasteiger partial charge in [0.05, 0.1) is 5.41 Å². The minimum Gasteiger partial charge on any atom is -0.481 e. The van der Waals surface area contributed by atoms with Crippen LogP contribution < -0.4 is 0 Å². The molecule has 19 heavy (non-hydrogen) atoms.